The van der Waals surface area contributed by atoms with Crippen LogP contribution < -0.4 is 11.1 Å². The second-order valence-electron chi connectivity index (χ2n) is 4.02. The van der Waals surface area contributed by atoms with Crippen LogP contribution in [0.15, 0.2) is 35.0 Å². The molecule has 0 aliphatic heterocycles. The van der Waals surface area contributed by atoms with Crippen LogP contribution in [0.3, 0.4) is 0 Å². The van der Waals surface area contributed by atoms with Crippen molar-refractivity contribution >= 4 is 22.8 Å². The van der Waals surface area contributed by atoms with E-state index in [1.165, 1.54) is 0 Å². The minimum atomic E-state index is 0.450. The van der Waals surface area contributed by atoms with Crippen molar-refractivity contribution in [2.24, 2.45) is 7.05 Å². The first-order valence-electron chi connectivity index (χ1n) is 5.59. The molecule has 3 rings (SSSR count). The number of benzene rings is 1. The summed E-state index contributed by atoms with van der Waals surface area (Å²) in [4.78, 5) is 8.51. The van der Waals surface area contributed by atoms with Crippen molar-refractivity contribution in [3.8, 4) is 0 Å². The van der Waals surface area contributed by atoms with Gasteiger partial charge in [0.15, 0.2) is 5.58 Å². The number of hydrogen-bond acceptors (Lipinski definition) is 5. The highest BCUT2D eigenvalue weighted by Crippen LogP contribution is 2.23. The van der Waals surface area contributed by atoms with Crippen LogP contribution in [0.25, 0.3) is 11.1 Å². The van der Waals surface area contributed by atoms with Gasteiger partial charge in [-0.15, -0.1) is 0 Å². The van der Waals surface area contributed by atoms with E-state index in [0.29, 0.717) is 29.3 Å². The summed E-state index contributed by atoms with van der Waals surface area (Å²) < 4.78 is 7.48. The predicted molar refractivity (Wildman–Crippen MR) is 69.0 cm³/mol. The number of aromatic nitrogens is 3. The van der Waals surface area contributed by atoms with Crippen LogP contribution in [0.5, 0.6) is 0 Å². The van der Waals surface area contributed by atoms with E-state index < -0.39 is 0 Å². The molecule has 2 heterocycles. The molecule has 0 aliphatic rings. The van der Waals surface area contributed by atoms with Crippen LogP contribution in [0.1, 0.15) is 5.82 Å². The highest BCUT2D eigenvalue weighted by atomic mass is 16.4. The highest BCUT2D eigenvalue weighted by molar-refractivity contribution is 5.86. The molecule has 0 aliphatic carbocycles. The molecule has 1 aromatic carbocycles. The monoisotopic (exact) mass is 243 g/mol. The number of nitrogen functional groups attached to an aromatic ring is 1. The van der Waals surface area contributed by atoms with Crippen LogP contribution in [-0.4, -0.2) is 14.5 Å². The van der Waals surface area contributed by atoms with Crippen molar-refractivity contribution in [1.29, 1.82) is 0 Å². The Balaban J connectivity index is 1.83. The van der Waals surface area contributed by atoms with Crippen LogP contribution in [0.4, 0.5) is 11.7 Å². The zero-order chi connectivity index (χ0) is 12.5. The number of hydrogen-bond donors (Lipinski definition) is 2. The number of imidazole rings is 1. The number of nitrogens with zero attached hydrogens (tertiary/aromatic N) is 3. The van der Waals surface area contributed by atoms with E-state index in [2.05, 4.69) is 15.3 Å². The Labute approximate surface area is 103 Å². The minimum Gasteiger partial charge on any atom is -0.423 e. The van der Waals surface area contributed by atoms with E-state index in [1.807, 2.05) is 29.9 Å². The van der Waals surface area contributed by atoms with E-state index in [-0.39, 0.29) is 0 Å². The average Bonchev–Trinajstić information content (AvgIpc) is 2.93. The lowest BCUT2D eigenvalue weighted by Crippen LogP contribution is -2.05. The van der Waals surface area contributed by atoms with E-state index in [4.69, 9.17) is 10.2 Å². The van der Waals surface area contributed by atoms with E-state index in [1.54, 1.807) is 12.3 Å². The summed E-state index contributed by atoms with van der Waals surface area (Å²) in [5, 5.41) is 3.09. The van der Waals surface area contributed by atoms with Gasteiger partial charge in [-0.3, -0.25) is 0 Å². The van der Waals surface area contributed by atoms with Crippen LogP contribution >= 0.6 is 0 Å². The Morgan fingerprint density at radius 3 is 3.06 bits per heavy atom. The molecule has 6 nitrogen and oxygen atoms in total. The summed E-state index contributed by atoms with van der Waals surface area (Å²) in [6.45, 7) is 0.552. The van der Waals surface area contributed by atoms with Gasteiger partial charge in [0.05, 0.1) is 12.2 Å². The highest BCUT2D eigenvalue weighted by Gasteiger charge is 2.08. The van der Waals surface area contributed by atoms with E-state index in [0.717, 1.165) is 5.82 Å². The van der Waals surface area contributed by atoms with Gasteiger partial charge < -0.3 is 20.0 Å². The van der Waals surface area contributed by atoms with Crippen molar-refractivity contribution in [3.05, 3.63) is 36.4 Å². The molecule has 0 saturated heterocycles. The standard InChI is InChI=1S/C12H13N5O/c1-17-6-5-14-10(17)7-15-12-16-11-8(13)3-2-4-9(11)18-12/h2-6H,7,13H2,1H3,(H,15,16). The van der Waals surface area contributed by atoms with Crippen molar-refractivity contribution in [2.75, 3.05) is 11.1 Å². The lowest BCUT2D eigenvalue weighted by atomic mass is 10.3. The lowest BCUT2D eigenvalue weighted by Gasteiger charge is -2.01. The number of nitrogens with one attached hydrogen (secondary N) is 1. The summed E-state index contributed by atoms with van der Waals surface area (Å²) in [6.07, 6.45) is 3.64. The first kappa shape index (κ1) is 10.6. The number of aryl methyl sites for hydroxylation is 1. The fourth-order valence-electron chi connectivity index (χ4n) is 1.77. The summed E-state index contributed by atoms with van der Waals surface area (Å²) in [7, 11) is 1.94. The van der Waals surface area contributed by atoms with E-state index in [9.17, 15) is 0 Å². The molecular formula is C12H13N5O. The molecule has 0 spiro atoms. The molecule has 0 unspecified atom stereocenters. The molecule has 92 valence electrons. The maximum Gasteiger partial charge on any atom is 0.296 e. The van der Waals surface area contributed by atoms with Gasteiger partial charge in [-0.2, -0.15) is 4.98 Å². The second kappa shape index (κ2) is 4.06. The van der Waals surface area contributed by atoms with Crippen molar-refractivity contribution < 1.29 is 4.42 Å². The van der Waals surface area contributed by atoms with Gasteiger partial charge in [0.25, 0.3) is 6.01 Å². The fraction of sp³-hybridized carbons (Fsp3) is 0.167. The van der Waals surface area contributed by atoms with Crippen molar-refractivity contribution in [1.82, 2.24) is 14.5 Å². The third kappa shape index (κ3) is 1.77. The second-order valence-corrected chi connectivity index (χ2v) is 4.02. The largest absolute Gasteiger partial charge is 0.423 e. The number of para-hydroxylation sites is 1. The van der Waals surface area contributed by atoms with Gasteiger partial charge in [0.2, 0.25) is 0 Å². The molecule has 3 N–H and O–H groups in total. The molecule has 0 amide bonds. The molecule has 18 heavy (non-hydrogen) atoms. The van der Waals surface area contributed by atoms with Gasteiger partial charge in [0.1, 0.15) is 11.3 Å². The predicted octanol–water partition coefficient (Wildman–Crippen LogP) is 1.76. The SMILES string of the molecule is Cn1ccnc1CNc1nc2c(N)cccc2o1. The maximum atomic E-state index is 5.82. The normalized spacial score (nSPS) is 10.9. The maximum absolute atomic E-state index is 5.82. The topological polar surface area (TPSA) is 81.9 Å². The van der Waals surface area contributed by atoms with Gasteiger partial charge in [-0.05, 0) is 12.1 Å². The first-order chi connectivity index (χ1) is 8.74. The Hall–Kier alpha value is -2.50. The van der Waals surface area contributed by atoms with Gasteiger partial charge in [-0.1, -0.05) is 6.07 Å². The molecule has 0 atom stereocenters. The van der Waals surface area contributed by atoms with Gasteiger partial charge >= 0.3 is 0 Å². The lowest BCUT2D eigenvalue weighted by molar-refractivity contribution is 0.611. The number of nitrogens with two attached hydrogens (primary N) is 1. The summed E-state index contributed by atoms with van der Waals surface area (Å²) in [6, 6.07) is 5.93. The average molecular weight is 243 g/mol. The zero-order valence-corrected chi connectivity index (χ0v) is 9.92. The molecule has 2 aromatic heterocycles. The Kier molecular flexibility index (Phi) is 2.40. The molecule has 0 bridgehead atoms. The van der Waals surface area contributed by atoms with Crippen LogP contribution in [0, 0.1) is 0 Å². The molecular weight excluding hydrogens is 230 g/mol. The molecule has 6 heteroatoms. The molecule has 0 saturated carbocycles. The van der Waals surface area contributed by atoms with Gasteiger partial charge in [-0.25, -0.2) is 4.98 Å². The Morgan fingerprint density at radius 2 is 2.33 bits per heavy atom. The zero-order valence-electron chi connectivity index (χ0n) is 9.92. The first-order valence-corrected chi connectivity index (χ1v) is 5.59. The van der Waals surface area contributed by atoms with Crippen molar-refractivity contribution in [2.45, 2.75) is 6.54 Å². The molecule has 0 fully saturated rings. The Bertz CT molecular complexity index is 685. The van der Waals surface area contributed by atoms with Crippen molar-refractivity contribution in [3.63, 3.8) is 0 Å². The summed E-state index contributed by atoms with van der Waals surface area (Å²) in [5.41, 5.74) is 7.79. The summed E-state index contributed by atoms with van der Waals surface area (Å²) in [5.74, 6) is 0.908. The molecule has 3 aromatic rings. The number of fused-ring (bicyclic) bond motifs is 1. The number of rotatable bonds is 3. The van der Waals surface area contributed by atoms with Crippen LogP contribution in [0.2, 0.25) is 0 Å². The third-order valence-corrected chi connectivity index (χ3v) is 2.77. The van der Waals surface area contributed by atoms with Crippen LogP contribution in [-0.2, 0) is 13.6 Å². The van der Waals surface area contributed by atoms with E-state index >= 15 is 0 Å². The fourth-order valence-corrected chi connectivity index (χ4v) is 1.77. The quantitative estimate of drug-likeness (QED) is 0.685. The minimum absolute atomic E-state index is 0.450. The number of anilines is 2. The molecule has 0 radical (unpaired) electrons. The Morgan fingerprint density at radius 1 is 1.44 bits per heavy atom. The van der Waals surface area contributed by atoms with Gasteiger partial charge in [0, 0.05) is 19.4 Å². The summed E-state index contributed by atoms with van der Waals surface area (Å²) >= 11 is 0. The smallest absolute Gasteiger partial charge is 0.296 e. The third-order valence-electron chi connectivity index (χ3n) is 2.77. The number of oxazole rings is 1.